The number of nitrogens with one attached hydrogen (secondary N) is 2. The summed E-state index contributed by atoms with van der Waals surface area (Å²) in [6.45, 7) is 7.81. The van der Waals surface area contributed by atoms with Crippen molar-refractivity contribution < 1.29 is 9.47 Å². The number of ether oxygens (including phenoxy) is 2. The zero-order chi connectivity index (χ0) is 18.1. The average Bonchev–Trinajstić information content (AvgIpc) is 2.61. The summed E-state index contributed by atoms with van der Waals surface area (Å²) in [6, 6.07) is 11.7. The SMILES string of the molecule is CCNC(=NCc1cccc(C)n1)Nc1ccc(OCC)c(OC)c1. The van der Waals surface area contributed by atoms with E-state index in [0.717, 1.165) is 29.4 Å². The van der Waals surface area contributed by atoms with Gasteiger partial charge in [-0.15, -0.1) is 0 Å². The highest BCUT2D eigenvalue weighted by Crippen LogP contribution is 2.30. The maximum atomic E-state index is 5.54. The number of nitrogens with zero attached hydrogens (tertiary/aromatic N) is 2. The molecule has 0 unspecified atom stereocenters. The van der Waals surface area contributed by atoms with Crippen molar-refractivity contribution in [2.45, 2.75) is 27.3 Å². The molecule has 0 saturated carbocycles. The van der Waals surface area contributed by atoms with Crippen molar-refractivity contribution in [1.82, 2.24) is 10.3 Å². The molecule has 0 bridgehead atoms. The number of aryl methyl sites for hydroxylation is 1. The van der Waals surface area contributed by atoms with E-state index in [4.69, 9.17) is 9.47 Å². The molecule has 0 atom stereocenters. The average molecular weight is 342 g/mol. The lowest BCUT2D eigenvalue weighted by atomic mass is 10.2. The maximum Gasteiger partial charge on any atom is 0.196 e. The number of pyridine rings is 1. The number of rotatable bonds is 7. The van der Waals surface area contributed by atoms with Crippen LogP contribution in [0.3, 0.4) is 0 Å². The third-order valence-corrected chi connectivity index (χ3v) is 3.42. The van der Waals surface area contributed by atoms with Gasteiger partial charge in [0.05, 0.1) is 26.0 Å². The molecule has 0 aliphatic rings. The van der Waals surface area contributed by atoms with E-state index in [1.165, 1.54) is 0 Å². The number of anilines is 1. The molecule has 6 heteroatoms. The van der Waals surface area contributed by atoms with Gasteiger partial charge in [0.25, 0.3) is 0 Å². The largest absolute Gasteiger partial charge is 0.493 e. The standard InChI is InChI=1S/C19H26N4O2/c1-5-20-19(21-13-16-9-7-8-14(3)22-16)23-15-10-11-17(25-6-2)18(12-15)24-4/h7-12H,5-6,13H2,1-4H3,(H2,20,21,23). The van der Waals surface area contributed by atoms with Crippen LogP contribution in [0.5, 0.6) is 11.5 Å². The van der Waals surface area contributed by atoms with E-state index in [9.17, 15) is 0 Å². The summed E-state index contributed by atoms with van der Waals surface area (Å²) in [5.74, 6) is 2.10. The molecule has 2 aromatic rings. The van der Waals surface area contributed by atoms with E-state index in [2.05, 4.69) is 20.6 Å². The van der Waals surface area contributed by atoms with Crippen LogP contribution in [0.25, 0.3) is 0 Å². The third-order valence-electron chi connectivity index (χ3n) is 3.42. The van der Waals surface area contributed by atoms with Crippen molar-refractivity contribution in [3.05, 3.63) is 47.8 Å². The Balaban J connectivity index is 2.13. The van der Waals surface area contributed by atoms with Crippen LogP contribution in [0.4, 0.5) is 5.69 Å². The Morgan fingerprint density at radius 1 is 1.16 bits per heavy atom. The topological polar surface area (TPSA) is 67.8 Å². The lowest BCUT2D eigenvalue weighted by Crippen LogP contribution is -2.30. The monoisotopic (exact) mass is 342 g/mol. The van der Waals surface area contributed by atoms with E-state index in [-0.39, 0.29) is 0 Å². The minimum absolute atomic E-state index is 0.505. The van der Waals surface area contributed by atoms with E-state index in [1.807, 2.05) is 57.2 Å². The number of hydrogen-bond acceptors (Lipinski definition) is 4. The van der Waals surface area contributed by atoms with Crippen LogP contribution in [-0.2, 0) is 6.54 Å². The molecule has 1 aromatic heterocycles. The van der Waals surface area contributed by atoms with Gasteiger partial charge in [-0.3, -0.25) is 4.98 Å². The van der Waals surface area contributed by atoms with Gasteiger partial charge in [0, 0.05) is 24.0 Å². The van der Waals surface area contributed by atoms with E-state index >= 15 is 0 Å². The van der Waals surface area contributed by atoms with Crippen LogP contribution in [0, 0.1) is 6.92 Å². The predicted octanol–water partition coefficient (Wildman–Crippen LogP) is 3.37. The molecule has 0 amide bonds. The van der Waals surface area contributed by atoms with Crippen LogP contribution >= 0.6 is 0 Å². The van der Waals surface area contributed by atoms with Gasteiger partial charge in [-0.1, -0.05) is 6.07 Å². The first kappa shape index (κ1) is 18.6. The van der Waals surface area contributed by atoms with Gasteiger partial charge < -0.3 is 20.1 Å². The molecule has 1 aromatic carbocycles. The first-order valence-electron chi connectivity index (χ1n) is 8.45. The predicted molar refractivity (Wildman–Crippen MR) is 102 cm³/mol. The Morgan fingerprint density at radius 2 is 2.00 bits per heavy atom. The fourth-order valence-corrected chi connectivity index (χ4v) is 2.31. The van der Waals surface area contributed by atoms with Crippen LogP contribution in [0.2, 0.25) is 0 Å². The number of hydrogen-bond donors (Lipinski definition) is 2. The van der Waals surface area contributed by atoms with Gasteiger partial charge in [0.15, 0.2) is 17.5 Å². The molecule has 2 N–H and O–H groups in total. The maximum absolute atomic E-state index is 5.54. The molecule has 0 aliphatic carbocycles. The molecule has 1 heterocycles. The van der Waals surface area contributed by atoms with Crippen LogP contribution in [-0.4, -0.2) is 31.2 Å². The van der Waals surface area contributed by atoms with Crippen LogP contribution in [0.15, 0.2) is 41.4 Å². The van der Waals surface area contributed by atoms with E-state index in [1.54, 1.807) is 7.11 Å². The van der Waals surface area contributed by atoms with Crippen LogP contribution in [0.1, 0.15) is 25.2 Å². The number of aliphatic imine (C=N–C) groups is 1. The number of methoxy groups -OCH3 is 1. The van der Waals surface area contributed by atoms with Crippen molar-refractivity contribution in [2.75, 3.05) is 25.6 Å². The number of aromatic nitrogens is 1. The number of benzene rings is 1. The first-order valence-corrected chi connectivity index (χ1v) is 8.45. The summed E-state index contributed by atoms with van der Waals surface area (Å²) in [7, 11) is 1.63. The van der Waals surface area contributed by atoms with Crippen molar-refractivity contribution in [2.24, 2.45) is 4.99 Å². The van der Waals surface area contributed by atoms with Gasteiger partial charge >= 0.3 is 0 Å². The van der Waals surface area contributed by atoms with E-state index < -0.39 is 0 Å². The summed E-state index contributed by atoms with van der Waals surface area (Å²) in [5, 5.41) is 6.52. The molecule has 0 spiro atoms. The minimum Gasteiger partial charge on any atom is -0.493 e. The van der Waals surface area contributed by atoms with Crippen molar-refractivity contribution in [1.29, 1.82) is 0 Å². The van der Waals surface area contributed by atoms with Gasteiger partial charge in [0.1, 0.15) is 0 Å². The molecule has 0 radical (unpaired) electrons. The summed E-state index contributed by atoms with van der Waals surface area (Å²) in [6.07, 6.45) is 0. The second-order valence-corrected chi connectivity index (χ2v) is 5.39. The molecule has 25 heavy (non-hydrogen) atoms. The third kappa shape index (κ3) is 5.67. The molecule has 134 valence electrons. The highest BCUT2D eigenvalue weighted by Gasteiger charge is 2.07. The molecule has 2 rings (SSSR count). The van der Waals surface area contributed by atoms with Crippen molar-refractivity contribution in [3.8, 4) is 11.5 Å². The Morgan fingerprint density at radius 3 is 2.68 bits per heavy atom. The first-order chi connectivity index (χ1) is 12.2. The fourth-order valence-electron chi connectivity index (χ4n) is 2.31. The smallest absolute Gasteiger partial charge is 0.196 e. The normalized spacial score (nSPS) is 11.1. The molecule has 6 nitrogen and oxygen atoms in total. The lowest BCUT2D eigenvalue weighted by molar-refractivity contribution is 0.311. The molecule has 0 aliphatic heterocycles. The highest BCUT2D eigenvalue weighted by atomic mass is 16.5. The number of guanidine groups is 1. The Hall–Kier alpha value is -2.76. The van der Waals surface area contributed by atoms with Gasteiger partial charge in [-0.2, -0.15) is 0 Å². The van der Waals surface area contributed by atoms with Crippen LogP contribution < -0.4 is 20.1 Å². The van der Waals surface area contributed by atoms with Crippen molar-refractivity contribution in [3.63, 3.8) is 0 Å². The second kappa shape index (κ2) is 9.52. The second-order valence-electron chi connectivity index (χ2n) is 5.39. The zero-order valence-corrected chi connectivity index (χ0v) is 15.3. The Bertz CT molecular complexity index is 716. The Kier molecular flexibility index (Phi) is 7.07. The van der Waals surface area contributed by atoms with Gasteiger partial charge in [0.2, 0.25) is 0 Å². The van der Waals surface area contributed by atoms with E-state index in [0.29, 0.717) is 24.9 Å². The fraction of sp³-hybridized carbons (Fsp3) is 0.368. The quantitative estimate of drug-likeness (QED) is 0.596. The minimum atomic E-state index is 0.505. The molecule has 0 saturated heterocycles. The van der Waals surface area contributed by atoms with Gasteiger partial charge in [-0.05, 0) is 45.0 Å². The highest BCUT2D eigenvalue weighted by molar-refractivity contribution is 5.93. The molecular weight excluding hydrogens is 316 g/mol. The molecular formula is C19H26N4O2. The lowest BCUT2D eigenvalue weighted by Gasteiger charge is -2.14. The summed E-state index contributed by atoms with van der Waals surface area (Å²) in [4.78, 5) is 9.07. The molecule has 0 fully saturated rings. The van der Waals surface area contributed by atoms with Crippen molar-refractivity contribution >= 4 is 11.6 Å². The summed E-state index contributed by atoms with van der Waals surface area (Å²) >= 11 is 0. The summed E-state index contributed by atoms with van der Waals surface area (Å²) in [5.41, 5.74) is 2.79. The summed E-state index contributed by atoms with van der Waals surface area (Å²) < 4.78 is 10.9. The zero-order valence-electron chi connectivity index (χ0n) is 15.3. The van der Waals surface area contributed by atoms with Gasteiger partial charge in [-0.25, -0.2) is 4.99 Å². The Labute approximate surface area is 149 Å².